The monoisotopic (exact) mass is 960 g/mol. The predicted octanol–water partition coefficient (Wildman–Crippen LogP) is 9.58. The van der Waals surface area contributed by atoms with E-state index in [1.165, 1.54) is 180 Å². The predicted molar refractivity (Wildman–Crippen MR) is 266 cm³/mol. The highest BCUT2D eigenvalue weighted by Gasteiger charge is 2.47. The quantitative estimate of drug-likeness (QED) is 0.0269. The smallest absolute Gasteiger partial charge is 0.220 e. The number of hydrogen-bond donors (Lipinski definition) is 8. The summed E-state index contributed by atoms with van der Waals surface area (Å²) in [6.45, 7) is 5.41. The van der Waals surface area contributed by atoms with E-state index in [4.69, 9.17) is 18.9 Å². The van der Waals surface area contributed by atoms with Crippen LogP contribution in [0.1, 0.15) is 252 Å². The van der Waals surface area contributed by atoms with Crippen LogP contribution in [0.25, 0.3) is 0 Å². The number of carbonyl (C=O) groups excluding carboxylic acids is 1. The first-order valence-electron chi connectivity index (χ1n) is 28.1. The summed E-state index contributed by atoms with van der Waals surface area (Å²) < 4.78 is 22.8. The molecule has 13 heteroatoms. The van der Waals surface area contributed by atoms with Gasteiger partial charge in [-0.3, -0.25) is 4.79 Å². The van der Waals surface area contributed by atoms with Crippen molar-refractivity contribution in [2.75, 3.05) is 13.2 Å². The maximum Gasteiger partial charge on any atom is 0.220 e. The van der Waals surface area contributed by atoms with Crippen molar-refractivity contribution in [3.63, 3.8) is 0 Å². The first kappa shape index (κ1) is 62.1. The lowest BCUT2D eigenvalue weighted by Gasteiger charge is -2.42. The van der Waals surface area contributed by atoms with Crippen LogP contribution in [0.15, 0.2) is 0 Å². The van der Waals surface area contributed by atoms with Crippen LogP contribution in [0.4, 0.5) is 0 Å². The van der Waals surface area contributed by atoms with Gasteiger partial charge in [-0.1, -0.05) is 226 Å². The molecule has 1 amide bonds. The van der Waals surface area contributed by atoms with E-state index in [0.29, 0.717) is 12.8 Å². The van der Waals surface area contributed by atoms with Crippen LogP contribution in [0.5, 0.6) is 0 Å². The lowest BCUT2D eigenvalue weighted by atomic mass is 9.98. The molecular weight excluding hydrogens is 855 g/mol. The molecule has 12 atom stereocenters. The molecular formula is C54H105NO12. The number of rotatable bonds is 44. The Kier molecular flexibility index (Phi) is 37.7. The van der Waals surface area contributed by atoms with Crippen LogP contribution in [-0.2, 0) is 23.7 Å². The Labute approximate surface area is 408 Å². The fraction of sp³-hybridized carbons (Fsp3) is 0.981. The minimum Gasteiger partial charge on any atom is -0.391 e. The van der Waals surface area contributed by atoms with E-state index >= 15 is 0 Å². The Bertz CT molecular complexity index is 1140. The van der Waals surface area contributed by atoms with Crippen molar-refractivity contribution < 1.29 is 59.5 Å². The molecule has 0 aromatic carbocycles. The normalized spacial score (nSPS) is 26.5. The number of hydrogen-bond acceptors (Lipinski definition) is 12. The van der Waals surface area contributed by atoms with Crippen molar-refractivity contribution >= 4 is 5.91 Å². The van der Waals surface area contributed by atoms with Crippen LogP contribution in [0.2, 0.25) is 0 Å². The zero-order valence-electron chi connectivity index (χ0n) is 43.0. The van der Waals surface area contributed by atoms with Gasteiger partial charge in [-0.05, 0) is 19.8 Å². The molecule has 2 fully saturated rings. The lowest BCUT2D eigenvalue weighted by Crippen LogP contribution is -2.61. The summed E-state index contributed by atoms with van der Waals surface area (Å²) in [6, 6.07) is -0.797. The van der Waals surface area contributed by atoms with Gasteiger partial charge in [0.2, 0.25) is 5.91 Å². The molecule has 2 saturated heterocycles. The highest BCUT2D eigenvalue weighted by atomic mass is 16.7. The maximum atomic E-state index is 13.2. The molecule has 8 N–H and O–H groups in total. The Balaban J connectivity index is 1.73. The molecule has 13 nitrogen and oxygen atoms in total. The number of aliphatic hydroxyl groups is 7. The van der Waals surface area contributed by atoms with Gasteiger partial charge in [-0.15, -0.1) is 0 Å². The lowest BCUT2D eigenvalue weighted by molar-refractivity contribution is -0.328. The molecule has 0 unspecified atom stereocenters. The largest absolute Gasteiger partial charge is 0.391 e. The SMILES string of the molecule is CCCCCCCCCCCCCCCCCCCCCCCC(=O)N[C@@H](CO[C@H]1O[C@H](CO[C@@H]2O[C@@H](C)[C@H](O)[C@@H](O)[C@H]2O)[C@H](O)[C@H](O)[C@H]1O)[C@H](O)CCCCCCCCCCCCCCC. The molecule has 0 aromatic rings. The van der Waals surface area contributed by atoms with E-state index < -0.39 is 80.2 Å². The van der Waals surface area contributed by atoms with Crippen LogP contribution in [0, 0.1) is 0 Å². The summed E-state index contributed by atoms with van der Waals surface area (Å²) in [7, 11) is 0. The Morgan fingerprint density at radius 3 is 1.24 bits per heavy atom. The number of nitrogens with one attached hydrogen (secondary N) is 1. The van der Waals surface area contributed by atoms with Gasteiger partial charge in [0.25, 0.3) is 0 Å². The van der Waals surface area contributed by atoms with Crippen LogP contribution < -0.4 is 5.32 Å². The summed E-state index contributed by atoms with van der Waals surface area (Å²) >= 11 is 0. The van der Waals surface area contributed by atoms with Gasteiger partial charge in [-0.2, -0.15) is 0 Å². The molecule has 0 bridgehead atoms. The fourth-order valence-electron chi connectivity index (χ4n) is 9.55. The number of unbranched alkanes of at least 4 members (excludes halogenated alkanes) is 32. The Morgan fingerprint density at radius 1 is 0.463 bits per heavy atom. The van der Waals surface area contributed by atoms with E-state index in [0.717, 1.165) is 44.9 Å². The first-order valence-corrected chi connectivity index (χ1v) is 28.1. The van der Waals surface area contributed by atoms with Crippen molar-refractivity contribution in [1.82, 2.24) is 5.32 Å². The van der Waals surface area contributed by atoms with Gasteiger partial charge in [0, 0.05) is 6.42 Å². The molecule has 0 radical (unpaired) electrons. The van der Waals surface area contributed by atoms with Gasteiger partial charge < -0.3 is 60.0 Å². The molecule has 0 aromatic heterocycles. The second kappa shape index (κ2) is 40.6. The standard InChI is InChI=1S/C54H105NO12/c1-4-6-8-10-12-14-16-18-19-20-21-22-23-24-25-27-29-31-33-35-37-39-46(57)55-43(44(56)38-36-34-32-30-28-26-17-15-13-11-9-7-5-2)40-64-54-52(63)50(61)48(59)45(67-54)41-65-53-51(62)49(60)47(58)42(3)66-53/h42-45,47-54,56,58-63H,4-41H2,1-3H3,(H,55,57)/t42-,43-,44+,45+,47-,48-,49+,50-,51+,52+,53+,54-/m0/s1. The summed E-state index contributed by atoms with van der Waals surface area (Å²) in [4.78, 5) is 13.2. The van der Waals surface area contributed by atoms with Gasteiger partial charge in [0.1, 0.15) is 42.7 Å². The maximum absolute atomic E-state index is 13.2. The molecule has 2 aliphatic rings. The van der Waals surface area contributed by atoms with E-state index in [-0.39, 0.29) is 12.5 Å². The minimum atomic E-state index is -1.68. The average molecular weight is 960 g/mol. The molecule has 0 saturated carbocycles. The van der Waals surface area contributed by atoms with Crippen molar-refractivity contribution in [1.29, 1.82) is 0 Å². The summed E-state index contributed by atoms with van der Waals surface area (Å²) in [6.07, 6.45) is 28.6. The second-order valence-electron chi connectivity index (χ2n) is 20.5. The van der Waals surface area contributed by atoms with Crippen LogP contribution >= 0.6 is 0 Å². The van der Waals surface area contributed by atoms with Crippen LogP contribution in [0.3, 0.4) is 0 Å². The molecule has 0 aliphatic carbocycles. The summed E-state index contributed by atoms with van der Waals surface area (Å²) in [5.74, 6) is -0.185. The number of carbonyl (C=O) groups is 1. The molecule has 67 heavy (non-hydrogen) atoms. The zero-order chi connectivity index (χ0) is 48.9. The molecule has 2 aliphatic heterocycles. The molecule has 2 rings (SSSR count). The van der Waals surface area contributed by atoms with E-state index in [2.05, 4.69) is 19.2 Å². The van der Waals surface area contributed by atoms with E-state index in [1.807, 2.05) is 0 Å². The van der Waals surface area contributed by atoms with E-state index in [1.54, 1.807) is 0 Å². The van der Waals surface area contributed by atoms with Crippen LogP contribution in [-0.4, -0.2) is 128 Å². The number of aliphatic hydroxyl groups excluding tert-OH is 7. The summed E-state index contributed by atoms with van der Waals surface area (Å²) in [5.41, 5.74) is 0. The zero-order valence-corrected chi connectivity index (χ0v) is 43.0. The van der Waals surface area contributed by atoms with Gasteiger partial charge >= 0.3 is 0 Å². The third-order valence-corrected chi connectivity index (χ3v) is 14.3. The minimum absolute atomic E-state index is 0.185. The van der Waals surface area contributed by atoms with Gasteiger partial charge in [0.15, 0.2) is 12.6 Å². The molecule has 2 heterocycles. The fourth-order valence-corrected chi connectivity index (χ4v) is 9.55. The van der Waals surface area contributed by atoms with Gasteiger partial charge in [0.05, 0.1) is 31.5 Å². The number of amides is 1. The number of ether oxygens (including phenoxy) is 4. The second-order valence-corrected chi connectivity index (χ2v) is 20.5. The van der Waals surface area contributed by atoms with Crippen molar-refractivity contribution in [2.24, 2.45) is 0 Å². The molecule has 0 spiro atoms. The van der Waals surface area contributed by atoms with Gasteiger partial charge in [-0.25, -0.2) is 0 Å². The Morgan fingerprint density at radius 2 is 0.821 bits per heavy atom. The van der Waals surface area contributed by atoms with E-state index in [9.17, 15) is 40.5 Å². The first-order chi connectivity index (χ1) is 32.5. The third kappa shape index (κ3) is 28.6. The third-order valence-electron chi connectivity index (χ3n) is 14.3. The van der Waals surface area contributed by atoms with Crippen molar-refractivity contribution in [3.05, 3.63) is 0 Å². The molecule has 398 valence electrons. The average Bonchev–Trinajstić information content (AvgIpc) is 3.32. The highest BCUT2D eigenvalue weighted by molar-refractivity contribution is 5.76. The highest BCUT2D eigenvalue weighted by Crippen LogP contribution is 2.27. The Hall–Kier alpha value is -0.970. The van der Waals surface area contributed by atoms with Crippen molar-refractivity contribution in [2.45, 2.75) is 325 Å². The summed E-state index contributed by atoms with van der Waals surface area (Å²) in [5, 5.41) is 77.1. The van der Waals surface area contributed by atoms with Crippen molar-refractivity contribution in [3.8, 4) is 0 Å². The topological polar surface area (TPSA) is 208 Å².